The fraction of sp³-hybridized carbons (Fsp3) is 0.657. The van der Waals surface area contributed by atoms with E-state index in [1.165, 1.54) is 0 Å². The van der Waals surface area contributed by atoms with Gasteiger partial charge in [-0.1, -0.05) is 23.4 Å². The van der Waals surface area contributed by atoms with E-state index >= 15 is 0 Å². The van der Waals surface area contributed by atoms with Gasteiger partial charge in [0.25, 0.3) is 0 Å². The van der Waals surface area contributed by atoms with Crippen LogP contribution in [0.15, 0.2) is 40.9 Å². The molecule has 3 fully saturated rings. The third-order valence-corrected chi connectivity index (χ3v) is 10.4. The van der Waals surface area contributed by atoms with Crippen LogP contribution in [-0.4, -0.2) is 83.2 Å². The SMILES string of the molecule is C.CC1(C)OB(B2OC(C)(C)C(C)(C)O2)OC1(C)C.COc1cc(Br)cc(OC)c1.COc1cc(OC)cc(B2OC(C)(C)C(C)(C)O2)c1. The number of benzene rings is 2. The summed E-state index contributed by atoms with van der Waals surface area (Å²) in [6.45, 7) is 24.3. The van der Waals surface area contributed by atoms with Crippen molar-refractivity contribution < 1.29 is 46.9 Å². The van der Waals surface area contributed by atoms with Crippen molar-refractivity contribution in [1.82, 2.24) is 0 Å². The molecular weight excluding hydrogens is 693 g/mol. The van der Waals surface area contributed by atoms with E-state index in [9.17, 15) is 0 Å². The van der Waals surface area contributed by atoms with Crippen molar-refractivity contribution in [2.45, 2.75) is 124 Å². The monoisotopic (exact) mass is 750 g/mol. The van der Waals surface area contributed by atoms with E-state index in [1.54, 1.807) is 28.4 Å². The second-order valence-electron chi connectivity index (χ2n) is 15.0. The molecule has 49 heavy (non-hydrogen) atoms. The summed E-state index contributed by atoms with van der Waals surface area (Å²) in [5, 5.41) is 0. The zero-order chi connectivity index (χ0) is 36.5. The summed E-state index contributed by atoms with van der Waals surface area (Å²) in [5.74, 6) is 3.03. The highest BCUT2D eigenvalue weighted by Gasteiger charge is 2.63. The molecule has 3 aliphatic heterocycles. The molecule has 5 rings (SSSR count). The molecule has 0 spiro atoms. The fourth-order valence-corrected chi connectivity index (χ4v) is 5.17. The summed E-state index contributed by atoms with van der Waals surface area (Å²) < 4.78 is 57.4. The molecule has 0 saturated carbocycles. The first-order valence-electron chi connectivity index (χ1n) is 16.1. The van der Waals surface area contributed by atoms with Gasteiger partial charge in [0.2, 0.25) is 0 Å². The average molecular weight is 751 g/mol. The van der Waals surface area contributed by atoms with Crippen molar-refractivity contribution in [3.8, 4) is 23.0 Å². The number of methoxy groups -OCH3 is 4. The standard InChI is InChI=1S/C14H21BO4.C12H24B2O4.C8H9BrO2.CH4/c1-13(2)14(3,4)19-15(18-13)10-7-11(16-5)9-12(8-10)17-6;1-9(2)10(3,4)16-13(15-9)14-17-11(5,6)12(7,8)18-14;1-10-7-3-6(9)4-8(5-7)11-2;/h7-9H,1-6H3;1-8H3;3-5H,1-2H3;1H4. The summed E-state index contributed by atoms with van der Waals surface area (Å²) in [6.07, 6.45) is 0. The topological polar surface area (TPSA) is 92.3 Å². The predicted octanol–water partition coefficient (Wildman–Crippen LogP) is 7.35. The summed E-state index contributed by atoms with van der Waals surface area (Å²) in [7, 11) is 5.15. The Morgan fingerprint density at radius 1 is 0.429 bits per heavy atom. The van der Waals surface area contributed by atoms with Crippen LogP contribution in [-0.2, 0) is 27.9 Å². The molecule has 0 amide bonds. The van der Waals surface area contributed by atoms with E-state index < -0.39 is 21.1 Å². The lowest BCUT2D eigenvalue weighted by atomic mass is 9.49. The van der Waals surface area contributed by atoms with E-state index in [4.69, 9.17) is 46.9 Å². The van der Waals surface area contributed by atoms with Crippen molar-refractivity contribution in [2.24, 2.45) is 0 Å². The van der Waals surface area contributed by atoms with Crippen molar-refractivity contribution in [2.75, 3.05) is 28.4 Å². The molecule has 3 aliphatic rings. The molecule has 2 aromatic rings. The van der Waals surface area contributed by atoms with Gasteiger partial charge in [-0.05, 0) is 113 Å². The minimum absolute atomic E-state index is 0. The van der Waals surface area contributed by atoms with Crippen molar-refractivity contribution in [1.29, 1.82) is 0 Å². The summed E-state index contributed by atoms with van der Waals surface area (Å²) in [6, 6.07) is 11.2. The van der Waals surface area contributed by atoms with E-state index in [2.05, 4.69) is 15.9 Å². The minimum Gasteiger partial charge on any atom is -0.497 e. The molecule has 3 saturated heterocycles. The smallest absolute Gasteiger partial charge is 0.495 e. The Labute approximate surface area is 305 Å². The maximum absolute atomic E-state index is 6.02. The van der Waals surface area contributed by atoms with Crippen LogP contribution in [0.5, 0.6) is 23.0 Å². The number of halogens is 1. The molecule has 0 N–H and O–H groups in total. The van der Waals surface area contributed by atoms with E-state index in [0.717, 1.165) is 32.9 Å². The van der Waals surface area contributed by atoms with Crippen LogP contribution < -0.4 is 24.4 Å². The second-order valence-corrected chi connectivity index (χ2v) is 15.9. The predicted molar refractivity (Wildman–Crippen MR) is 201 cm³/mol. The van der Waals surface area contributed by atoms with Crippen molar-refractivity contribution in [3.63, 3.8) is 0 Å². The van der Waals surface area contributed by atoms with E-state index in [-0.39, 0.29) is 41.0 Å². The normalized spacial score (nSPS) is 21.8. The maximum Gasteiger partial charge on any atom is 0.495 e. The minimum atomic E-state index is -0.476. The number of hydrogen-bond donors (Lipinski definition) is 0. The highest BCUT2D eigenvalue weighted by Crippen LogP contribution is 2.43. The molecule has 3 heterocycles. The first-order chi connectivity index (χ1) is 21.9. The van der Waals surface area contributed by atoms with Crippen LogP contribution in [0.2, 0.25) is 0 Å². The lowest BCUT2D eigenvalue weighted by molar-refractivity contribution is 0.00578. The van der Waals surface area contributed by atoms with Gasteiger partial charge in [0.1, 0.15) is 23.0 Å². The first-order valence-corrected chi connectivity index (χ1v) is 16.9. The maximum atomic E-state index is 6.02. The average Bonchev–Trinajstić information content (AvgIpc) is 3.46. The Morgan fingerprint density at radius 3 is 0.939 bits per heavy atom. The van der Waals surface area contributed by atoms with Gasteiger partial charge in [-0.2, -0.15) is 0 Å². The molecule has 0 radical (unpaired) electrons. The molecule has 0 unspecified atom stereocenters. The van der Waals surface area contributed by atoms with Gasteiger partial charge in [-0.25, -0.2) is 0 Å². The van der Waals surface area contributed by atoms with Gasteiger partial charge >= 0.3 is 21.1 Å². The lowest BCUT2D eigenvalue weighted by Crippen LogP contribution is -2.41. The highest BCUT2D eigenvalue weighted by atomic mass is 79.9. The number of ether oxygens (including phenoxy) is 4. The van der Waals surface area contributed by atoms with Gasteiger partial charge in [-0.15, -0.1) is 0 Å². The van der Waals surface area contributed by atoms with E-state index in [0.29, 0.717) is 0 Å². The summed E-state index contributed by atoms with van der Waals surface area (Å²) in [5.41, 5.74) is -1.25. The van der Waals surface area contributed by atoms with Crippen LogP contribution in [0.1, 0.15) is 90.5 Å². The third-order valence-electron chi connectivity index (χ3n) is 9.98. The molecule has 0 bridgehead atoms. The molecule has 14 heteroatoms. The van der Waals surface area contributed by atoms with Crippen molar-refractivity contribution in [3.05, 3.63) is 40.9 Å². The largest absolute Gasteiger partial charge is 0.497 e. The van der Waals surface area contributed by atoms with Crippen LogP contribution >= 0.6 is 15.9 Å². The Balaban J connectivity index is 0.000000262. The lowest BCUT2D eigenvalue weighted by Gasteiger charge is -2.32. The second kappa shape index (κ2) is 15.8. The van der Waals surface area contributed by atoms with Gasteiger partial charge in [0.05, 0.1) is 62.0 Å². The van der Waals surface area contributed by atoms with Gasteiger partial charge in [0.15, 0.2) is 0 Å². The van der Waals surface area contributed by atoms with E-state index in [1.807, 2.05) is 119 Å². The zero-order valence-electron chi connectivity index (χ0n) is 31.7. The van der Waals surface area contributed by atoms with Crippen LogP contribution in [0, 0.1) is 0 Å². The van der Waals surface area contributed by atoms with Gasteiger partial charge in [0, 0.05) is 16.6 Å². The molecule has 2 aromatic carbocycles. The quantitative estimate of drug-likeness (QED) is 0.279. The molecule has 274 valence electrons. The molecular formula is C35H58B3BrO10. The fourth-order valence-electron chi connectivity index (χ4n) is 4.72. The molecule has 0 atom stereocenters. The van der Waals surface area contributed by atoms with Crippen LogP contribution in [0.3, 0.4) is 0 Å². The Bertz CT molecular complexity index is 1270. The van der Waals surface area contributed by atoms with Gasteiger partial charge < -0.3 is 46.9 Å². The van der Waals surface area contributed by atoms with Crippen molar-refractivity contribution >= 4 is 42.5 Å². The summed E-state index contributed by atoms with van der Waals surface area (Å²) >= 11 is 3.33. The Hall–Kier alpha value is -1.93. The van der Waals surface area contributed by atoms with Crippen LogP contribution in [0.4, 0.5) is 0 Å². The molecule has 10 nitrogen and oxygen atoms in total. The Kier molecular flexibility index (Phi) is 13.9. The summed E-state index contributed by atoms with van der Waals surface area (Å²) in [4.78, 5) is 0. The third kappa shape index (κ3) is 9.90. The molecule has 0 aromatic heterocycles. The number of rotatable bonds is 6. The Morgan fingerprint density at radius 2 is 0.673 bits per heavy atom. The zero-order valence-corrected chi connectivity index (χ0v) is 33.2. The first kappa shape index (κ1) is 43.2. The van der Waals surface area contributed by atoms with Gasteiger partial charge in [-0.3, -0.25) is 0 Å². The number of hydrogen-bond acceptors (Lipinski definition) is 10. The molecule has 0 aliphatic carbocycles. The van der Waals surface area contributed by atoms with Crippen LogP contribution in [0.25, 0.3) is 0 Å². The highest BCUT2D eigenvalue weighted by molar-refractivity contribution is 9.10.